The molecule has 2 rings (SSSR count). The zero-order valence-electron chi connectivity index (χ0n) is 13.1. The van der Waals surface area contributed by atoms with Crippen molar-refractivity contribution in [2.24, 2.45) is 16.7 Å². The molecular formula is C17H25Cl2N. The number of benzene rings is 1. The van der Waals surface area contributed by atoms with E-state index in [1.54, 1.807) is 0 Å². The molecule has 1 nitrogen and oxygen atoms in total. The minimum atomic E-state index is 0.366. The Hall–Kier alpha value is -0.240. The fraction of sp³-hybridized carbons (Fsp3) is 0.647. The molecule has 0 amide bonds. The molecule has 1 aromatic carbocycles. The van der Waals surface area contributed by atoms with Crippen molar-refractivity contribution < 1.29 is 0 Å². The summed E-state index contributed by atoms with van der Waals surface area (Å²) in [7, 11) is 0. The molecule has 112 valence electrons. The lowest BCUT2D eigenvalue weighted by molar-refractivity contribution is 0.403. The second kappa shape index (κ2) is 5.51. The summed E-state index contributed by atoms with van der Waals surface area (Å²) in [4.78, 5) is 0. The van der Waals surface area contributed by atoms with Crippen LogP contribution in [-0.2, 0) is 6.42 Å². The van der Waals surface area contributed by atoms with E-state index in [1.807, 2.05) is 18.2 Å². The highest BCUT2D eigenvalue weighted by Gasteiger charge is 2.66. The Morgan fingerprint density at radius 1 is 1.15 bits per heavy atom. The normalized spacial score (nSPS) is 21.8. The van der Waals surface area contributed by atoms with Gasteiger partial charge in [-0.05, 0) is 53.5 Å². The summed E-state index contributed by atoms with van der Waals surface area (Å²) in [5.41, 5.74) is 1.87. The molecule has 0 heterocycles. The van der Waals surface area contributed by atoms with E-state index in [0.717, 1.165) is 28.6 Å². The second-order valence-corrected chi connectivity index (χ2v) is 7.87. The van der Waals surface area contributed by atoms with Crippen molar-refractivity contribution in [2.75, 3.05) is 6.54 Å². The summed E-state index contributed by atoms with van der Waals surface area (Å²) in [6.45, 7) is 12.6. The molecular weight excluding hydrogens is 289 g/mol. The third-order valence-electron chi connectivity index (χ3n) is 5.45. The van der Waals surface area contributed by atoms with Gasteiger partial charge < -0.3 is 5.32 Å². The van der Waals surface area contributed by atoms with Crippen LogP contribution >= 0.6 is 23.2 Å². The summed E-state index contributed by atoms with van der Waals surface area (Å²) < 4.78 is 0. The Labute approximate surface area is 133 Å². The molecule has 0 saturated heterocycles. The first-order valence-corrected chi connectivity index (χ1v) is 8.14. The van der Waals surface area contributed by atoms with Gasteiger partial charge in [0, 0.05) is 16.1 Å². The Bertz CT molecular complexity index is 480. The highest BCUT2D eigenvalue weighted by molar-refractivity contribution is 6.33. The molecule has 1 aliphatic rings. The van der Waals surface area contributed by atoms with Gasteiger partial charge in [-0.1, -0.05) is 57.8 Å². The van der Waals surface area contributed by atoms with Crippen LogP contribution in [0.4, 0.5) is 0 Å². The average Bonchev–Trinajstić information content (AvgIpc) is 2.74. The highest BCUT2D eigenvalue weighted by Crippen LogP contribution is 2.69. The molecule has 0 bridgehead atoms. The van der Waals surface area contributed by atoms with E-state index < -0.39 is 0 Å². The first-order valence-electron chi connectivity index (χ1n) is 7.39. The average molecular weight is 314 g/mol. The summed E-state index contributed by atoms with van der Waals surface area (Å²) in [5.74, 6) is 0.657. The van der Waals surface area contributed by atoms with Crippen molar-refractivity contribution in [1.82, 2.24) is 5.32 Å². The predicted molar refractivity (Wildman–Crippen MR) is 88.7 cm³/mol. The summed E-state index contributed by atoms with van der Waals surface area (Å²) in [6, 6.07) is 6.18. The van der Waals surface area contributed by atoms with E-state index >= 15 is 0 Å². The van der Waals surface area contributed by atoms with Crippen LogP contribution in [0.15, 0.2) is 18.2 Å². The number of halogens is 2. The van der Waals surface area contributed by atoms with E-state index in [9.17, 15) is 0 Å². The molecule has 1 aliphatic carbocycles. The van der Waals surface area contributed by atoms with Crippen molar-refractivity contribution in [2.45, 2.75) is 47.1 Å². The van der Waals surface area contributed by atoms with Crippen molar-refractivity contribution in [3.05, 3.63) is 33.8 Å². The molecule has 0 radical (unpaired) electrons. The largest absolute Gasteiger partial charge is 0.314 e. The van der Waals surface area contributed by atoms with Gasteiger partial charge in [0.2, 0.25) is 0 Å². The molecule has 3 heteroatoms. The minimum Gasteiger partial charge on any atom is -0.314 e. The van der Waals surface area contributed by atoms with Crippen LogP contribution in [0.25, 0.3) is 0 Å². The molecule has 1 N–H and O–H groups in total. The highest BCUT2D eigenvalue weighted by atomic mass is 35.5. The Morgan fingerprint density at radius 3 is 2.25 bits per heavy atom. The van der Waals surface area contributed by atoms with E-state index in [0.29, 0.717) is 22.8 Å². The molecule has 0 aromatic heterocycles. The first kappa shape index (κ1) is 16.1. The molecule has 1 fully saturated rings. The van der Waals surface area contributed by atoms with Gasteiger partial charge in [-0.25, -0.2) is 0 Å². The Morgan fingerprint density at radius 2 is 1.75 bits per heavy atom. The van der Waals surface area contributed by atoms with Crippen LogP contribution in [0.3, 0.4) is 0 Å². The monoisotopic (exact) mass is 313 g/mol. The van der Waals surface area contributed by atoms with E-state index in [4.69, 9.17) is 23.2 Å². The van der Waals surface area contributed by atoms with Crippen LogP contribution in [0.5, 0.6) is 0 Å². The van der Waals surface area contributed by atoms with Gasteiger partial charge in [0.15, 0.2) is 0 Å². The number of hydrogen-bond acceptors (Lipinski definition) is 1. The van der Waals surface area contributed by atoms with Gasteiger partial charge in [0.05, 0.1) is 0 Å². The van der Waals surface area contributed by atoms with E-state index in [2.05, 4.69) is 39.9 Å². The van der Waals surface area contributed by atoms with Gasteiger partial charge in [-0.15, -0.1) is 0 Å². The molecule has 1 aromatic rings. The molecule has 0 aliphatic heterocycles. The first-order chi connectivity index (χ1) is 9.21. The van der Waals surface area contributed by atoms with Gasteiger partial charge in [-0.2, -0.15) is 0 Å². The third kappa shape index (κ3) is 2.73. The van der Waals surface area contributed by atoms with Crippen LogP contribution in [0.2, 0.25) is 10.0 Å². The number of hydrogen-bond donors (Lipinski definition) is 1. The van der Waals surface area contributed by atoms with Gasteiger partial charge >= 0.3 is 0 Å². The Kier molecular flexibility index (Phi) is 4.45. The summed E-state index contributed by atoms with van der Waals surface area (Å²) in [5, 5.41) is 5.22. The zero-order chi connectivity index (χ0) is 15.1. The Balaban J connectivity index is 2.21. The van der Waals surface area contributed by atoms with Crippen LogP contribution < -0.4 is 5.32 Å². The van der Waals surface area contributed by atoms with Gasteiger partial charge in [0.25, 0.3) is 0 Å². The maximum atomic E-state index is 6.32. The third-order valence-corrected chi connectivity index (χ3v) is 6.05. The van der Waals surface area contributed by atoms with Gasteiger partial charge in [0.1, 0.15) is 0 Å². The minimum absolute atomic E-state index is 0.366. The lowest BCUT2D eigenvalue weighted by Crippen LogP contribution is -2.35. The van der Waals surface area contributed by atoms with E-state index in [1.165, 1.54) is 0 Å². The topological polar surface area (TPSA) is 12.0 Å². The maximum Gasteiger partial charge on any atom is 0.0439 e. The van der Waals surface area contributed by atoms with Crippen LogP contribution in [-0.4, -0.2) is 12.6 Å². The summed E-state index contributed by atoms with van der Waals surface area (Å²) >= 11 is 12.4. The lowest BCUT2D eigenvalue weighted by atomic mass is 9.96. The van der Waals surface area contributed by atoms with E-state index in [-0.39, 0.29) is 0 Å². The SMILES string of the molecule is CCNC(Cc1cc(Cl)ccc1Cl)C1C(C)(C)C1(C)C. The summed E-state index contributed by atoms with van der Waals surface area (Å²) in [6.07, 6.45) is 0.935. The molecule has 1 unspecified atom stereocenters. The quantitative estimate of drug-likeness (QED) is 0.788. The van der Waals surface area contributed by atoms with Crippen molar-refractivity contribution in [3.8, 4) is 0 Å². The van der Waals surface area contributed by atoms with Crippen LogP contribution in [0.1, 0.15) is 40.2 Å². The molecule has 0 spiro atoms. The number of rotatable bonds is 5. The molecule has 1 saturated carbocycles. The predicted octanol–water partition coefficient (Wildman–Crippen LogP) is 5.20. The maximum absolute atomic E-state index is 6.32. The van der Waals surface area contributed by atoms with Gasteiger partial charge in [-0.3, -0.25) is 0 Å². The fourth-order valence-electron chi connectivity index (χ4n) is 3.76. The number of nitrogens with one attached hydrogen (secondary N) is 1. The lowest BCUT2D eigenvalue weighted by Gasteiger charge is -2.21. The number of likely N-dealkylation sites (N-methyl/N-ethyl adjacent to an activating group) is 1. The van der Waals surface area contributed by atoms with Crippen LogP contribution in [0, 0.1) is 16.7 Å². The fourth-order valence-corrected chi connectivity index (χ4v) is 4.15. The molecule has 1 atom stereocenters. The standard InChI is InChI=1S/C17H25Cl2N/c1-6-20-14(15-16(2,3)17(15,4)5)10-11-9-12(18)7-8-13(11)19/h7-9,14-15,20H,6,10H2,1-5H3. The second-order valence-electron chi connectivity index (χ2n) is 7.03. The zero-order valence-corrected chi connectivity index (χ0v) is 14.6. The van der Waals surface area contributed by atoms with Crippen molar-refractivity contribution in [1.29, 1.82) is 0 Å². The smallest absolute Gasteiger partial charge is 0.0439 e. The van der Waals surface area contributed by atoms with Crippen molar-refractivity contribution in [3.63, 3.8) is 0 Å². The van der Waals surface area contributed by atoms with Crippen molar-refractivity contribution >= 4 is 23.2 Å². The molecule has 20 heavy (non-hydrogen) atoms.